The van der Waals surface area contributed by atoms with E-state index in [0.29, 0.717) is 11.7 Å². The van der Waals surface area contributed by atoms with Crippen molar-refractivity contribution in [3.63, 3.8) is 0 Å². The van der Waals surface area contributed by atoms with Crippen molar-refractivity contribution in [1.82, 2.24) is 10.1 Å². The average Bonchev–Trinajstić information content (AvgIpc) is 3.07. The first-order chi connectivity index (χ1) is 9.67. The maximum absolute atomic E-state index is 5.85. The molecule has 0 fully saturated rings. The molecule has 3 rings (SSSR count). The Bertz CT molecular complexity index is 648. The number of ether oxygens (including phenoxy) is 1. The van der Waals surface area contributed by atoms with Gasteiger partial charge in [0.2, 0.25) is 11.7 Å². The first kappa shape index (κ1) is 12.9. The van der Waals surface area contributed by atoms with Crippen molar-refractivity contribution in [2.24, 2.45) is 5.73 Å². The zero-order chi connectivity index (χ0) is 14.1. The highest BCUT2D eigenvalue weighted by atomic mass is 16.5. The van der Waals surface area contributed by atoms with E-state index in [2.05, 4.69) is 10.1 Å². The predicted octanol–water partition coefficient (Wildman–Crippen LogP) is 2.42. The Labute approximate surface area is 117 Å². The van der Waals surface area contributed by atoms with Gasteiger partial charge in [0.1, 0.15) is 5.75 Å². The van der Waals surface area contributed by atoms with Crippen molar-refractivity contribution in [1.29, 1.82) is 0 Å². The van der Waals surface area contributed by atoms with E-state index in [1.54, 1.807) is 7.11 Å². The summed E-state index contributed by atoms with van der Waals surface area (Å²) in [4.78, 5) is 4.47. The highest BCUT2D eigenvalue weighted by molar-refractivity contribution is 5.64. The molecule has 0 saturated carbocycles. The van der Waals surface area contributed by atoms with Crippen LogP contribution in [0, 0.1) is 6.92 Å². The van der Waals surface area contributed by atoms with Crippen molar-refractivity contribution in [2.45, 2.75) is 25.3 Å². The normalized spacial score (nSPS) is 21.4. The molecular weight excluding hydrogens is 254 g/mol. The van der Waals surface area contributed by atoms with Crippen molar-refractivity contribution in [3.8, 4) is 17.1 Å². The summed E-state index contributed by atoms with van der Waals surface area (Å²) < 4.78 is 10.7. The third-order valence-electron chi connectivity index (χ3n) is 3.47. The monoisotopic (exact) mass is 271 g/mol. The van der Waals surface area contributed by atoms with E-state index < -0.39 is 0 Å². The zero-order valence-electron chi connectivity index (χ0n) is 11.5. The number of benzene rings is 1. The molecule has 0 aliphatic heterocycles. The minimum Gasteiger partial charge on any atom is -0.496 e. The minimum absolute atomic E-state index is 0.0734. The van der Waals surface area contributed by atoms with E-state index in [1.807, 2.05) is 37.3 Å². The third-order valence-corrected chi connectivity index (χ3v) is 3.47. The largest absolute Gasteiger partial charge is 0.496 e. The van der Waals surface area contributed by atoms with Gasteiger partial charge in [-0.05, 0) is 31.0 Å². The second kappa shape index (κ2) is 5.09. The van der Waals surface area contributed by atoms with Crippen LogP contribution in [0.25, 0.3) is 11.4 Å². The van der Waals surface area contributed by atoms with Gasteiger partial charge >= 0.3 is 0 Å². The molecule has 2 aromatic rings. The van der Waals surface area contributed by atoms with Gasteiger partial charge in [-0.2, -0.15) is 4.98 Å². The zero-order valence-corrected chi connectivity index (χ0v) is 11.5. The molecule has 2 N–H and O–H groups in total. The van der Waals surface area contributed by atoms with E-state index in [0.717, 1.165) is 23.3 Å². The molecule has 5 heteroatoms. The number of methoxy groups -OCH3 is 1. The van der Waals surface area contributed by atoms with Crippen molar-refractivity contribution in [3.05, 3.63) is 41.8 Å². The number of nitrogens with two attached hydrogens (primary N) is 1. The maximum atomic E-state index is 5.85. The Morgan fingerprint density at radius 2 is 2.20 bits per heavy atom. The quantitative estimate of drug-likeness (QED) is 0.868. The Morgan fingerprint density at radius 3 is 2.90 bits per heavy atom. The molecule has 1 aromatic carbocycles. The molecule has 104 valence electrons. The van der Waals surface area contributed by atoms with Crippen LogP contribution in [0.15, 0.2) is 34.9 Å². The lowest BCUT2D eigenvalue weighted by Gasteiger charge is -2.05. The van der Waals surface area contributed by atoms with Crippen LogP contribution < -0.4 is 10.5 Å². The molecular formula is C15H17N3O2. The standard InChI is InChI=1S/C15H17N3O2/c1-9-3-6-12(13(7-9)19-2)14-17-15(20-18-14)10-4-5-11(16)8-10/h3-7,10-11H,8,16H2,1-2H3. The van der Waals surface area contributed by atoms with Crippen molar-refractivity contribution in [2.75, 3.05) is 7.11 Å². The Hall–Kier alpha value is -2.14. The van der Waals surface area contributed by atoms with Gasteiger partial charge in [-0.15, -0.1) is 0 Å². The highest BCUT2D eigenvalue weighted by Crippen LogP contribution is 2.32. The number of aryl methyl sites for hydroxylation is 1. The SMILES string of the molecule is COc1cc(C)ccc1-c1noc(C2C=CC(N)C2)n1. The summed E-state index contributed by atoms with van der Waals surface area (Å²) in [5.74, 6) is 2.01. The fraction of sp³-hybridized carbons (Fsp3) is 0.333. The molecule has 1 aromatic heterocycles. The predicted molar refractivity (Wildman–Crippen MR) is 75.5 cm³/mol. The second-order valence-electron chi connectivity index (χ2n) is 5.05. The lowest BCUT2D eigenvalue weighted by molar-refractivity contribution is 0.364. The molecule has 2 unspecified atom stereocenters. The molecule has 20 heavy (non-hydrogen) atoms. The molecule has 0 bridgehead atoms. The number of aromatic nitrogens is 2. The Kier molecular flexibility index (Phi) is 3.28. The molecule has 0 spiro atoms. The molecule has 1 heterocycles. The number of nitrogens with zero attached hydrogens (tertiary/aromatic N) is 2. The summed E-state index contributed by atoms with van der Waals surface area (Å²) in [6.45, 7) is 2.01. The van der Waals surface area contributed by atoms with Gasteiger partial charge in [0.25, 0.3) is 0 Å². The number of allylic oxidation sites excluding steroid dienone is 1. The van der Waals surface area contributed by atoms with Gasteiger partial charge in [-0.1, -0.05) is 23.4 Å². The van der Waals surface area contributed by atoms with Gasteiger partial charge < -0.3 is 15.0 Å². The first-order valence-electron chi connectivity index (χ1n) is 6.60. The molecule has 1 aliphatic carbocycles. The van der Waals surface area contributed by atoms with Crippen LogP contribution in [-0.4, -0.2) is 23.3 Å². The molecule has 0 saturated heterocycles. The van der Waals surface area contributed by atoms with E-state index in [4.69, 9.17) is 15.0 Å². The molecule has 5 nitrogen and oxygen atoms in total. The fourth-order valence-electron chi connectivity index (χ4n) is 2.39. The van der Waals surface area contributed by atoms with Gasteiger partial charge in [0.15, 0.2) is 0 Å². The van der Waals surface area contributed by atoms with Crippen LogP contribution in [0.2, 0.25) is 0 Å². The van der Waals surface area contributed by atoms with Crippen LogP contribution in [0.4, 0.5) is 0 Å². The summed E-state index contributed by atoms with van der Waals surface area (Å²) in [6.07, 6.45) is 4.81. The molecule has 0 radical (unpaired) electrons. The summed E-state index contributed by atoms with van der Waals surface area (Å²) in [6, 6.07) is 5.97. The van der Waals surface area contributed by atoms with Crippen molar-refractivity contribution >= 4 is 0 Å². The fourth-order valence-corrected chi connectivity index (χ4v) is 2.39. The van der Waals surface area contributed by atoms with E-state index in [-0.39, 0.29) is 12.0 Å². The summed E-state index contributed by atoms with van der Waals surface area (Å²) >= 11 is 0. The summed E-state index contributed by atoms with van der Waals surface area (Å²) in [7, 11) is 1.64. The van der Waals surface area contributed by atoms with Crippen LogP contribution in [0.5, 0.6) is 5.75 Å². The summed E-state index contributed by atoms with van der Waals surface area (Å²) in [5, 5.41) is 4.05. The Morgan fingerprint density at radius 1 is 1.35 bits per heavy atom. The lowest BCUT2D eigenvalue weighted by Crippen LogP contribution is -2.14. The molecule has 0 amide bonds. The van der Waals surface area contributed by atoms with E-state index in [9.17, 15) is 0 Å². The lowest BCUT2D eigenvalue weighted by atomic mass is 10.1. The number of rotatable bonds is 3. The van der Waals surface area contributed by atoms with Crippen LogP contribution in [0.1, 0.15) is 23.8 Å². The second-order valence-corrected chi connectivity index (χ2v) is 5.05. The number of hydrogen-bond acceptors (Lipinski definition) is 5. The Balaban J connectivity index is 1.92. The first-order valence-corrected chi connectivity index (χ1v) is 6.60. The smallest absolute Gasteiger partial charge is 0.233 e. The van der Waals surface area contributed by atoms with Gasteiger partial charge in [-0.3, -0.25) is 0 Å². The van der Waals surface area contributed by atoms with Gasteiger partial charge in [0.05, 0.1) is 18.6 Å². The van der Waals surface area contributed by atoms with Gasteiger partial charge in [0, 0.05) is 6.04 Å². The van der Waals surface area contributed by atoms with Crippen LogP contribution in [-0.2, 0) is 0 Å². The highest BCUT2D eigenvalue weighted by Gasteiger charge is 2.24. The van der Waals surface area contributed by atoms with E-state index >= 15 is 0 Å². The molecule has 2 atom stereocenters. The van der Waals surface area contributed by atoms with Crippen LogP contribution in [0.3, 0.4) is 0 Å². The minimum atomic E-state index is 0.0734. The third kappa shape index (κ3) is 2.32. The summed E-state index contributed by atoms with van der Waals surface area (Å²) in [5.41, 5.74) is 7.80. The van der Waals surface area contributed by atoms with Crippen molar-refractivity contribution < 1.29 is 9.26 Å². The number of hydrogen-bond donors (Lipinski definition) is 1. The van der Waals surface area contributed by atoms with Gasteiger partial charge in [-0.25, -0.2) is 0 Å². The topological polar surface area (TPSA) is 74.2 Å². The van der Waals surface area contributed by atoms with E-state index in [1.165, 1.54) is 0 Å². The van der Waals surface area contributed by atoms with Crippen LogP contribution >= 0.6 is 0 Å². The molecule has 1 aliphatic rings. The maximum Gasteiger partial charge on any atom is 0.233 e. The average molecular weight is 271 g/mol.